The van der Waals surface area contributed by atoms with E-state index >= 15 is 0 Å². The van der Waals surface area contributed by atoms with Crippen LogP contribution in [0.3, 0.4) is 0 Å². The van der Waals surface area contributed by atoms with Gasteiger partial charge >= 0.3 is 0 Å². The van der Waals surface area contributed by atoms with Crippen LogP contribution in [0.15, 0.2) is 12.4 Å². The lowest BCUT2D eigenvalue weighted by molar-refractivity contribution is -0.120. The van der Waals surface area contributed by atoms with Gasteiger partial charge in [-0.2, -0.15) is 0 Å². The van der Waals surface area contributed by atoms with E-state index in [1.54, 1.807) is 6.92 Å². The van der Waals surface area contributed by atoms with E-state index in [1.807, 2.05) is 7.05 Å². The Hall–Kier alpha value is -1.03. The molecule has 0 aliphatic heterocycles. The summed E-state index contributed by atoms with van der Waals surface area (Å²) in [6, 6.07) is 0. The lowest BCUT2D eigenvalue weighted by Gasteiger charge is -2.13. The van der Waals surface area contributed by atoms with Crippen LogP contribution in [0.2, 0.25) is 0 Å². The molecule has 4 N–H and O–H groups in total. The number of carbonyl (C=O) groups excluding carboxylic acids is 1. The van der Waals surface area contributed by atoms with E-state index in [4.69, 9.17) is 5.73 Å². The van der Waals surface area contributed by atoms with E-state index < -0.39 is 0 Å². The Morgan fingerprint density at radius 3 is 2.64 bits per heavy atom. The highest BCUT2D eigenvalue weighted by molar-refractivity contribution is 5.78. The lowest BCUT2D eigenvalue weighted by Crippen LogP contribution is -2.26. The van der Waals surface area contributed by atoms with Gasteiger partial charge in [0.15, 0.2) is 0 Å². The topological polar surface area (TPSA) is 67.2 Å². The van der Waals surface area contributed by atoms with Crippen molar-refractivity contribution in [3.8, 4) is 0 Å². The van der Waals surface area contributed by atoms with Crippen LogP contribution in [0.5, 0.6) is 0 Å². The Bertz CT molecular complexity index is 192. The van der Waals surface area contributed by atoms with Gasteiger partial charge in [-0.05, 0) is 26.8 Å². The van der Waals surface area contributed by atoms with Crippen LogP contribution in [0.25, 0.3) is 0 Å². The number of hydrogen-bond donors (Lipinski definition) is 3. The molecule has 0 aromatic carbocycles. The van der Waals surface area contributed by atoms with Crippen LogP contribution in [-0.4, -0.2) is 25.9 Å². The molecule has 1 unspecified atom stereocenters. The summed E-state index contributed by atoms with van der Waals surface area (Å²) in [5.74, 6) is 0.844. The second-order valence-corrected chi connectivity index (χ2v) is 3.46. The zero-order valence-electron chi connectivity index (χ0n) is 9.10. The summed E-state index contributed by atoms with van der Waals surface area (Å²) in [7, 11) is 1.86. The summed E-state index contributed by atoms with van der Waals surface area (Å²) in [5, 5.41) is 5.95. The number of rotatable bonds is 8. The molecule has 0 aliphatic rings. The summed E-state index contributed by atoms with van der Waals surface area (Å²) in [6.07, 6.45) is 1.82. The Morgan fingerprint density at radius 2 is 2.21 bits per heavy atom. The van der Waals surface area contributed by atoms with Crippen molar-refractivity contribution in [3.05, 3.63) is 12.4 Å². The van der Waals surface area contributed by atoms with Gasteiger partial charge in [0.2, 0.25) is 0 Å². The Labute approximate surface area is 85.9 Å². The summed E-state index contributed by atoms with van der Waals surface area (Å²) < 4.78 is 0. The third-order valence-electron chi connectivity index (χ3n) is 2.11. The molecule has 0 aromatic heterocycles. The maximum Gasteiger partial charge on any atom is 0.134 e. The SMILES string of the molecule is C=C(N)NCCCC(CNC)C(C)=O. The van der Waals surface area contributed by atoms with Crippen LogP contribution in [0, 0.1) is 5.92 Å². The number of ketones is 1. The van der Waals surface area contributed by atoms with Gasteiger partial charge < -0.3 is 16.4 Å². The summed E-state index contributed by atoms with van der Waals surface area (Å²) in [6.45, 7) is 6.70. The molecule has 4 heteroatoms. The Kier molecular flexibility index (Phi) is 6.84. The molecule has 0 heterocycles. The van der Waals surface area contributed by atoms with E-state index in [9.17, 15) is 4.79 Å². The van der Waals surface area contributed by atoms with Crippen LogP contribution in [-0.2, 0) is 4.79 Å². The average Bonchev–Trinajstić information content (AvgIpc) is 2.09. The van der Waals surface area contributed by atoms with Crippen molar-refractivity contribution in [2.75, 3.05) is 20.1 Å². The number of carbonyl (C=O) groups is 1. The smallest absolute Gasteiger partial charge is 0.134 e. The molecule has 0 rings (SSSR count). The van der Waals surface area contributed by atoms with Gasteiger partial charge in [-0.1, -0.05) is 6.58 Å². The highest BCUT2D eigenvalue weighted by Gasteiger charge is 2.11. The lowest BCUT2D eigenvalue weighted by atomic mass is 9.99. The molecule has 0 saturated heterocycles. The molecule has 0 amide bonds. The standard InChI is InChI=1S/C10H21N3O/c1-8(14)10(7-12-3)5-4-6-13-9(2)11/h10,12-13H,2,4-7,11H2,1,3H3. The molecule has 0 saturated carbocycles. The highest BCUT2D eigenvalue weighted by Crippen LogP contribution is 2.06. The normalized spacial score (nSPS) is 12.1. The zero-order valence-corrected chi connectivity index (χ0v) is 9.10. The molecule has 1 atom stereocenters. The first-order valence-electron chi connectivity index (χ1n) is 4.91. The molecule has 0 aromatic rings. The largest absolute Gasteiger partial charge is 0.386 e. The highest BCUT2D eigenvalue weighted by atomic mass is 16.1. The first kappa shape index (κ1) is 13.0. The zero-order chi connectivity index (χ0) is 11.0. The molecular weight excluding hydrogens is 178 g/mol. The van der Waals surface area contributed by atoms with Gasteiger partial charge in [-0.15, -0.1) is 0 Å². The number of Topliss-reactive ketones (excluding diaryl/α,β-unsaturated/α-hetero) is 1. The Morgan fingerprint density at radius 1 is 1.57 bits per heavy atom. The van der Waals surface area contributed by atoms with E-state index in [0.29, 0.717) is 5.82 Å². The molecule has 82 valence electrons. The number of nitrogens with one attached hydrogen (secondary N) is 2. The number of hydrogen-bond acceptors (Lipinski definition) is 4. The monoisotopic (exact) mass is 199 g/mol. The van der Waals surface area contributed by atoms with Crippen LogP contribution >= 0.6 is 0 Å². The molecule has 4 nitrogen and oxygen atoms in total. The molecule has 0 spiro atoms. The molecule has 0 bridgehead atoms. The summed E-state index contributed by atoms with van der Waals surface area (Å²) in [4.78, 5) is 11.2. The van der Waals surface area contributed by atoms with Crippen LogP contribution in [0.1, 0.15) is 19.8 Å². The molecule has 0 radical (unpaired) electrons. The summed E-state index contributed by atoms with van der Waals surface area (Å²) >= 11 is 0. The minimum atomic E-state index is 0.118. The average molecular weight is 199 g/mol. The second kappa shape index (κ2) is 7.38. The second-order valence-electron chi connectivity index (χ2n) is 3.46. The summed E-state index contributed by atoms with van der Waals surface area (Å²) in [5.41, 5.74) is 5.34. The van der Waals surface area contributed by atoms with Crippen molar-refractivity contribution < 1.29 is 4.79 Å². The van der Waals surface area contributed by atoms with Gasteiger partial charge in [0, 0.05) is 19.0 Å². The van der Waals surface area contributed by atoms with Crippen LogP contribution in [0.4, 0.5) is 0 Å². The quantitative estimate of drug-likeness (QED) is 0.489. The third-order valence-corrected chi connectivity index (χ3v) is 2.11. The van der Waals surface area contributed by atoms with Crippen molar-refractivity contribution in [1.29, 1.82) is 0 Å². The fourth-order valence-corrected chi connectivity index (χ4v) is 1.29. The maximum absolute atomic E-state index is 11.2. The molecule has 14 heavy (non-hydrogen) atoms. The fourth-order valence-electron chi connectivity index (χ4n) is 1.29. The van der Waals surface area contributed by atoms with Gasteiger partial charge in [0.1, 0.15) is 5.78 Å². The van der Waals surface area contributed by atoms with Crippen molar-refractivity contribution in [3.63, 3.8) is 0 Å². The van der Waals surface area contributed by atoms with E-state index in [-0.39, 0.29) is 11.7 Å². The fraction of sp³-hybridized carbons (Fsp3) is 0.700. The number of nitrogens with two attached hydrogens (primary N) is 1. The van der Waals surface area contributed by atoms with E-state index in [2.05, 4.69) is 17.2 Å². The van der Waals surface area contributed by atoms with Crippen molar-refractivity contribution in [1.82, 2.24) is 10.6 Å². The Balaban J connectivity index is 3.61. The van der Waals surface area contributed by atoms with E-state index in [0.717, 1.165) is 25.9 Å². The van der Waals surface area contributed by atoms with E-state index in [1.165, 1.54) is 0 Å². The third kappa shape index (κ3) is 6.48. The predicted octanol–water partition coefficient (Wildman–Crippen LogP) is 0.211. The van der Waals surface area contributed by atoms with Crippen molar-refractivity contribution >= 4 is 5.78 Å². The minimum Gasteiger partial charge on any atom is -0.386 e. The van der Waals surface area contributed by atoms with Gasteiger partial charge in [-0.25, -0.2) is 0 Å². The van der Waals surface area contributed by atoms with Gasteiger partial charge in [0.05, 0.1) is 5.82 Å². The van der Waals surface area contributed by atoms with Crippen LogP contribution < -0.4 is 16.4 Å². The predicted molar refractivity (Wildman–Crippen MR) is 58.7 cm³/mol. The first-order valence-corrected chi connectivity index (χ1v) is 4.91. The maximum atomic E-state index is 11.2. The first-order chi connectivity index (χ1) is 6.57. The van der Waals surface area contributed by atoms with Crippen molar-refractivity contribution in [2.24, 2.45) is 11.7 Å². The molecule has 0 fully saturated rings. The van der Waals surface area contributed by atoms with Crippen molar-refractivity contribution in [2.45, 2.75) is 19.8 Å². The van der Waals surface area contributed by atoms with Gasteiger partial charge in [0.25, 0.3) is 0 Å². The molecule has 0 aliphatic carbocycles. The molecular formula is C10H21N3O. The van der Waals surface area contributed by atoms with Gasteiger partial charge in [-0.3, -0.25) is 4.79 Å². The minimum absolute atomic E-state index is 0.118.